The minimum Gasteiger partial charge on any atom is -0.392 e. The van der Waals surface area contributed by atoms with Gasteiger partial charge in [-0.1, -0.05) is 49.3 Å². The van der Waals surface area contributed by atoms with Crippen LogP contribution in [-0.2, 0) is 4.74 Å². The lowest BCUT2D eigenvalue weighted by atomic mass is 9.91. The molecule has 0 aromatic rings. The third-order valence-electron chi connectivity index (χ3n) is 4.72. The number of hydrogen-bond donors (Lipinski definition) is 1. The number of β-amino-alcohol motifs (C(OH)–C–C–N with tert-alkyl or cyclic N) is 1. The van der Waals surface area contributed by atoms with Gasteiger partial charge in [-0.3, -0.25) is 4.90 Å². The molecule has 1 heterocycles. The van der Waals surface area contributed by atoms with Crippen LogP contribution in [0.1, 0.15) is 45.4 Å². The minimum atomic E-state index is -0.140. The van der Waals surface area contributed by atoms with Crippen molar-refractivity contribution in [3.8, 4) is 0 Å². The van der Waals surface area contributed by atoms with Gasteiger partial charge in [-0.2, -0.15) is 0 Å². The van der Waals surface area contributed by atoms with Crippen LogP contribution in [0.4, 0.5) is 0 Å². The Morgan fingerprint density at radius 2 is 2.09 bits per heavy atom. The van der Waals surface area contributed by atoms with Crippen molar-refractivity contribution in [3.05, 3.63) is 36.5 Å². The van der Waals surface area contributed by atoms with Gasteiger partial charge in [0.25, 0.3) is 0 Å². The first-order valence-electron chi connectivity index (χ1n) is 8.71. The van der Waals surface area contributed by atoms with Crippen molar-refractivity contribution in [3.63, 3.8) is 0 Å². The zero-order valence-corrected chi connectivity index (χ0v) is 13.9. The van der Waals surface area contributed by atoms with E-state index in [2.05, 4.69) is 17.6 Å². The zero-order valence-electron chi connectivity index (χ0n) is 13.9. The molecule has 0 spiro atoms. The summed E-state index contributed by atoms with van der Waals surface area (Å²) in [5.74, 6) is 0. The fourth-order valence-electron chi connectivity index (χ4n) is 3.49. The van der Waals surface area contributed by atoms with Gasteiger partial charge < -0.3 is 9.84 Å². The molecule has 0 amide bonds. The molecule has 1 aliphatic heterocycles. The van der Waals surface area contributed by atoms with Crippen LogP contribution in [-0.4, -0.2) is 48.0 Å². The van der Waals surface area contributed by atoms with Crippen LogP contribution in [0, 0.1) is 0 Å². The summed E-state index contributed by atoms with van der Waals surface area (Å²) in [6.45, 7) is 8.67. The number of nitrogens with zero attached hydrogens (tertiary/aromatic N) is 1. The second-order valence-electron chi connectivity index (χ2n) is 6.49. The van der Waals surface area contributed by atoms with Crippen molar-refractivity contribution in [2.24, 2.45) is 0 Å². The predicted molar refractivity (Wildman–Crippen MR) is 91.9 cm³/mol. The van der Waals surface area contributed by atoms with E-state index in [-0.39, 0.29) is 6.10 Å². The van der Waals surface area contributed by atoms with E-state index in [1.165, 1.54) is 19.3 Å². The average molecular weight is 305 g/mol. The number of aliphatic hydroxyl groups excluding tert-OH is 1. The van der Waals surface area contributed by atoms with Crippen LogP contribution >= 0.6 is 0 Å². The van der Waals surface area contributed by atoms with Gasteiger partial charge in [0, 0.05) is 19.1 Å². The Labute approximate surface area is 135 Å². The number of likely N-dealkylation sites (tertiary alicyclic amines) is 1. The molecule has 0 radical (unpaired) electrons. The van der Waals surface area contributed by atoms with E-state index in [1.54, 1.807) is 0 Å². The quantitative estimate of drug-likeness (QED) is 0.731. The highest BCUT2D eigenvalue weighted by atomic mass is 16.5. The van der Waals surface area contributed by atoms with E-state index in [9.17, 15) is 5.11 Å². The van der Waals surface area contributed by atoms with Crippen molar-refractivity contribution in [2.75, 3.05) is 19.7 Å². The highest BCUT2D eigenvalue weighted by Crippen LogP contribution is 2.28. The smallest absolute Gasteiger partial charge is 0.0730 e. The van der Waals surface area contributed by atoms with Crippen molar-refractivity contribution in [2.45, 2.75) is 63.7 Å². The number of aliphatic hydroxyl groups is 1. The Hall–Kier alpha value is -0.900. The molecule has 124 valence electrons. The van der Waals surface area contributed by atoms with E-state index in [0.29, 0.717) is 12.1 Å². The molecule has 1 saturated carbocycles. The summed E-state index contributed by atoms with van der Waals surface area (Å²) in [7, 11) is 0. The first-order valence-corrected chi connectivity index (χ1v) is 8.71. The van der Waals surface area contributed by atoms with Crippen molar-refractivity contribution >= 4 is 0 Å². The third-order valence-corrected chi connectivity index (χ3v) is 4.72. The average Bonchev–Trinajstić information content (AvgIpc) is 2.94. The second-order valence-corrected chi connectivity index (χ2v) is 6.49. The Kier molecular flexibility index (Phi) is 7.37. The summed E-state index contributed by atoms with van der Waals surface area (Å²) in [6, 6.07) is 0.498. The lowest BCUT2D eigenvalue weighted by molar-refractivity contribution is -0.0314. The molecule has 2 aliphatic rings. The summed E-state index contributed by atoms with van der Waals surface area (Å²) in [5, 5.41) is 9.76. The lowest BCUT2D eigenvalue weighted by Gasteiger charge is -2.37. The Balaban J connectivity index is 1.75. The zero-order chi connectivity index (χ0) is 15.8. The lowest BCUT2D eigenvalue weighted by Crippen LogP contribution is -2.46. The molecule has 0 aromatic carbocycles. The van der Waals surface area contributed by atoms with Crippen LogP contribution in [0.15, 0.2) is 36.5 Å². The summed E-state index contributed by atoms with van der Waals surface area (Å²) in [4.78, 5) is 2.44. The van der Waals surface area contributed by atoms with E-state index >= 15 is 0 Å². The van der Waals surface area contributed by atoms with Crippen molar-refractivity contribution < 1.29 is 9.84 Å². The Morgan fingerprint density at radius 3 is 2.82 bits per heavy atom. The number of hydrogen-bond acceptors (Lipinski definition) is 3. The second kappa shape index (κ2) is 9.29. The van der Waals surface area contributed by atoms with Crippen LogP contribution in [0.25, 0.3) is 0 Å². The first-order chi connectivity index (χ1) is 10.7. The van der Waals surface area contributed by atoms with E-state index in [1.807, 2.05) is 25.2 Å². The van der Waals surface area contributed by atoms with Gasteiger partial charge in [0.1, 0.15) is 0 Å². The van der Waals surface area contributed by atoms with Gasteiger partial charge in [0.05, 0.1) is 18.8 Å². The standard InChI is InChI=1S/C19H31NO2/c1-3-4-5-8-16(2)12-14-22-19-10-7-6-9-18(19)20-13-11-17(21)15-20/h3-5,8,17-19,21H,2,6-7,9-15H2,1H3/b4-3-,8-5-/t17-,18-,19-/m1/s1. The van der Waals surface area contributed by atoms with Gasteiger partial charge in [-0.05, 0) is 32.6 Å². The van der Waals surface area contributed by atoms with Gasteiger partial charge in [-0.15, -0.1) is 0 Å². The van der Waals surface area contributed by atoms with Crippen LogP contribution in [0.5, 0.6) is 0 Å². The predicted octanol–water partition coefficient (Wildman–Crippen LogP) is 3.46. The monoisotopic (exact) mass is 305 g/mol. The maximum absolute atomic E-state index is 9.76. The molecule has 1 N–H and O–H groups in total. The fourth-order valence-corrected chi connectivity index (χ4v) is 3.49. The van der Waals surface area contributed by atoms with Crippen molar-refractivity contribution in [1.82, 2.24) is 4.90 Å². The van der Waals surface area contributed by atoms with Crippen molar-refractivity contribution in [1.29, 1.82) is 0 Å². The highest BCUT2D eigenvalue weighted by Gasteiger charge is 2.34. The number of ether oxygens (including phenoxy) is 1. The largest absolute Gasteiger partial charge is 0.392 e. The summed E-state index contributed by atoms with van der Waals surface area (Å²) in [5.41, 5.74) is 1.11. The summed E-state index contributed by atoms with van der Waals surface area (Å²) >= 11 is 0. The minimum absolute atomic E-state index is 0.140. The molecule has 3 nitrogen and oxygen atoms in total. The van der Waals surface area contributed by atoms with Crippen LogP contribution in [0.2, 0.25) is 0 Å². The molecule has 2 rings (SSSR count). The molecular weight excluding hydrogens is 274 g/mol. The molecule has 1 aliphatic carbocycles. The summed E-state index contributed by atoms with van der Waals surface area (Å²) < 4.78 is 6.18. The van der Waals surface area contributed by atoms with Gasteiger partial charge >= 0.3 is 0 Å². The molecule has 0 aromatic heterocycles. The SMILES string of the molecule is C=C(/C=C\C=C/C)CCO[C@@H]1CCCC[C@H]1N1CC[C@@H](O)C1. The molecule has 2 fully saturated rings. The molecule has 3 atom stereocenters. The Bertz CT molecular complexity index is 402. The molecule has 3 heteroatoms. The molecular formula is C19H31NO2. The molecule has 1 saturated heterocycles. The van der Waals surface area contributed by atoms with Crippen LogP contribution in [0.3, 0.4) is 0 Å². The van der Waals surface area contributed by atoms with E-state index in [4.69, 9.17) is 4.74 Å². The van der Waals surface area contributed by atoms with E-state index in [0.717, 1.165) is 44.5 Å². The molecule has 0 unspecified atom stereocenters. The normalized spacial score (nSPS) is 30.5. The highest BCUT2D eigenvalue weighted by molar-refractivity contribution is 5.18. The number of allylic oxidation sites excluding steroid dienone is 4. The van der Waals surface area contributed by atoms with Crippen LogP contribution < -0.4 is 0 Å². The fraction of sp³-hybridized carbons (Fsp3) is 0.684. The maximum atomic E-state index is 9.76. The molecule has 22 heavy (non-hydrogen) atoms. The Morgan fingerprint density at radius 1 is 1.27 bits per heavy atom. The molecule has 0 bridgehead atoms. The van der Waals surface area contributed by atoms with E-state index < -0.39 is 0 Å². The summed E-state index contributed by atoms with van der Waals surface area (Å²) in [6.07, 6.45) is 15.0. The first kappa shape index (κ1) is 17.5. The third kappa shape index (κ3) is 5.38. The maximum Gasteiger partial charge on any atom is 0.0730 e. The van der Waals surface area contributed by atoms with Gasteiger partial charge in [0.2, 0.25) is 0 Å². The van der Waals surface area contributed by atoms with Gasteiger partial charge in [0.15, 0.2) is 0 Å². The topological polar surface area (TPSA) is 32.7 Å². The van der Waals surface area contributed by atoms with Gasteiger partial charge in [-0.25, -0.2) is 0 Å². The number of rotatable bonds is 7.